The Kier molecular flexibility index (Phi) is 7.25. The molecule has 1 heterocycles. The average Bonchev–Trinajstić information content (AvgIpc) is 3.18. The van der Waals surface area contributed by atoms with E-state index in [2.05, 4.69) is 55.9 Å². The minimum atomic E-state index is 0.241. The molecular weight excluding hydrogens is 414 g/mol. The number of fused-ring (bicyclic) bond motifs is 5. The number of aromatic nitrogens is 1. The summed E-state index contributed by atoms with van der Waals surface area (Å²) < 4.78 is 2.38. The maximum atomic E-state index is 13.7. The second-order valence-corrected chi connectivity index (χ2v) is 13.2. The van der Waals surface area contributed by atoms with E-state index in [1.54, 1.807) is 0 Å². The molecule has 0 amide bonds. The van der Waals surface area contributed by atoms with E-state index in [1.165, 1.54) is 83.5 Å². The van der Waals surface area contributed by atoms with E-state index in [9.17, 15) is 4.79 Å². The number of hydrogen-bond donors (Lipinski definition) is 0. The Morgan fingerprint density at radius 3 is 2.35 bits per heavy atom. The van der Waals surface area contributed by atoms with Gasteiger partial charge < -0.3 is 0 Å². The molecule has 8 atom stereocenters. The molecule has 1 aromatic rings. The molecule has 188 valence electrons. The van der Waals surface area contributed by atoms with E-state index >= 15 is 0 Å². The maximum absolute atomic E-state index is 13.7. The Balaban J connectivity index is 1.25. The van der Waals surface area contributed by atoms with Crippen molar-refractivity contribution in [1.82, 2.24) is 0 Å². The first kappa shape index (κ1) is 24.5. The van der Waals surface area contributed by atoms with E-state index in [-0.39, 0.29) is 11.3 Å². The van der Waals surface area contributed by atoms with E-state index in [0.717, 1.165) is 30.6 Å². The van der Waals surface area contributed by atoms with Gasteiger partial charge >= 0.3 is 0 Å². The van der Waals surface area contributed by atoms with Gasteiger partial charge in [0, 0.05) is 37.3 Å². The van der Waals surface area contributed by atoms with Gasteiger partial charge in [0.05, 0.1) is 0 Å². The number of rotatable bonds is 8. The third-order valence-corrected chi connectivity index (χ3v) is 11.7. The van der Waals surface area contributed by atoms with Crippen molar-refractivity contribution >= 4 is 5.78 Å². The molecule has 4 fully saturated rings. The lowest BCUT2D eigenvalue weighted by molar-refractivity contribution is -0.727. The number of nitrogens with zero attached hydrogens (tertiary/aromatic N) is 1. The van der Waals surface area contributed by atoms with Gasteiger partial charge in [-0.3, -0.25) is 4.79 Å². The molecule has 0 saturated heterocycles. The largest absolute Gasteiger partial charge is 0.299 e. The number of carbonyl (C=O) groups is 1. The third-order valence-electron chi connectivity index (χ3n) is 11.7. The van der Waals surface area contributed by atoms with Crippen LogP contribution in [0.5, 0.6) is 0 Å². The second-order valence-electron chi connectivity index (χ2n) is 13.2. The Morgan fingerprint density at radius 2 is 1.56 bits per heavy atom. The number of Topliss-reactive ketones (excluding diaryl/α,β-unsaturated/α-hetero) is 1. The molecule has 0 aromatic carbocycles. The van der Waals surface area contributed by atoms with Gasteiger partial charge in [0.2, 0.25) is 0 Å². The Morgan fingerprint density at radius 1 is 0.853 bits per heavy atom. The molecule has 4 aliphatic carbocycles. The zero-order valence-electron chi connectivity index (χ0n) is 22.3. The van der Waals surface area contributed by atoms with Crippen LogP contribution in [0.3, 0.4) is 0 Å². The van der Waals surface area contributed by atoms with Crippen LogP contribution in [0.25, 0.3) is 0 Å². The highest BCUT2D eigenvalue weighted by Crippen LogP contribution is 2.67. The smallest absolute Gasteiger partial charge is 0.169 e. The van der Waals surface area contributed by atoms with E-state index in [4.69, 9.17) is 0 Å². The van der Waals surface area contributed by atoms with E-state index in [0.29, 0.717) is 23.2 Å². The fraction of sp³-hybridized carbons (Fsp3) is 0.812. The molecule has 4 saturated carbocycles. The highest BCUT2D eigenvalue weighted by atomic mass is 16.1. The van der Waals surface area contributed by atoms with E-state index < -0.39 is 0 Å². The van der Waals surface area contributed by atoms with Crippen molar-refractivity contribution in [3.63, 3.8) is 0 Å². The minimum Gasteiger partial charge on any atom is -0.299 e. The summed E-state index contributed by atoms with van der Waals surface area (Å²) in [6.45, 7) is 7.48. The van der Waals surface area contributed by atoms with Gasteiger partial charge in [-0.1, -0.05) is 65.4 Å². The fourth-order valence-corrected chi connectivity index (χ4v) is 9.70. The lowest BCUT2D eigenvalue weighted by Gasteiger charge is -2.60. The predicted molar refractivity (Wildman–Crippen MR) is 139 cm³/mol. The monoisotopic (exact) mass is 464 g/mol. The van der Waals surface area contributed by atoms with Gasteiger partial charge in [0.15, 0.2) is 18.4 Å². The van der Waals surface area contributed by atoms with Crippen LogP contribution >= 0.6 is 0 Å². The summed E-state index contributed by atoms with van der Waals surface area (Å²) in [4.78, 5) is 13.7. The fourth-order valence-electron chi connectivity index (χ4n) is 9.70. The lowest BCUT2D eigenvalue weighted by Crippen LogP contribution is -2.58. The van der Waals surface area contributed by atoms with Crippen molar-refractivity contribution < 1.29 is 9.36 Å². The molecule has 4 aliphatic rings. The Labute approximate surface area is 209 Å². The van der Waals surface area contributed by atoms with Crippen LogP contribution in [0.4, 0.5) is 0 Å². The Hall–Kier alpha value is -1.18. The van der Waals surface area contributed by atoms with Gasteiger partial charge in [-0.2, -0.15) is 0 Å². The zero-order valence-corrected chi connectivity index (χ0v) is 22.3. The number of carbonyl (C=O) groups excluding carboxylic acids is 1. The first-order chi connectivity index (χ1) is 16.5. The van der Waals surface area contributed by atoms with Crippen LogP contribution in [-0.2, 0) is 4.79 Å². The van der Waals surface area contributed by atoms with Crippen LogP contribution in [0.1, 0.15) is 123 Å². The molecular formula is C32H50NO+. The van der Waals surface area contributed by atoms with Crippen molar-refractivity contribution in [3.8, 4) is 0 Å². The number of pyridine rings is 1. The lowest BCUT2D eigenvalue weighted by atomic mass is 9.44. The van der Waals surface area contributed by atoms with Gasteiger partial charge in [0.25, 0.3) is 0 Å². The van der Waals surface area contributed by atoms with Crippen molar-refractivity contribution in [3.05, 3.63) is 30.6 Å². The molecule has 34 heavy (non-hydrogen) atoms. The summed E-state index contributed by atoms with van der Waals surface area (Å²) in [7, 11) is 0. The van der Waals surface area contributed by atoms with Gasteiger partial charge in [0.1, 0.15) is 5.78 Å². The topological polar surface area (TPSA) is 20.9 Å². The predicted octanol–water partition coefficient (Wildman–Crippen LogP) is 8.10. The number of ketones is 1. The summed E-state index contributed by atoms with van der Waals surface area (Å²) in [5, 5.41) is 0. The molecule has 0 radical (unpaired) electrons. The van der Waals surface area contributed by atoms with Gasteiger partial charge in [-0.05, 0) is 73.0 Å². The zero-order chi connectivity index (χ0) is 23.8. The summed E-state index contributed by atoms with van der Waals surface area (Å²) in [6, 6.07) is 6.87. The van der Waals surface area contributed by atoms with Gasteiger partial charge in [-0.15, -0.1) is 0 Å². The van der Waals surface area contributed by atoms with Gasteiger partial charge in [-0.25, -0.2) is 4.57 Å². The average molecular weight is 465 g/mol. The second kappa shape index (κ2) is 10.1. The summed E-state index contributed by atoms with van der Waals surface area (Å²) in [6.07, 6.45) is 24.4. The number of unbranched alkanes of at least 4 members (excludes halogenated alkanes) is 5. The van der Waals surface area contributed by atoms with E-state index in [1.807, 2.05) is 0 Å². The highest BCUT2D eigenvalue weighted by molar-refractivity contribution is 5.83. The molecule has 2 heteroatoms. The standard InChI is InChI=1S/C32H50NO/c1-4-5-6-7-8-10-13-24-14-15-27-26-23-30(34)29-22-25(33-20-11-9-12-21-33)16-18-32(29,3)28(26)17-19-31(24,27)2/h9,11-12,20-21,24-29H,4-8,10,13-19,22-23H2,1-3H3/q+1. The molecule has 0 spiro atoms. The molecule has 0 aliphatic heterocycles. The molecule has 0 bridgehead atoms. The van der Waals surface area contributed by atoms with Crippen molar-refractivity contribution in [2.24, 2.45) is 40.4 Å². The van der Waals surface area contributed by atoms with Crippen LogP contribution in [0, 0.1) is 40.4 Å². The number of hydrogen-bond acceptors (Lipinski definition) is 1. The van der Waals surface area contributed by atoms with Crippen molar-refractivity contribution in [1.29, 1.82) is 0 Å². The minimum absolute atomic E-state index is 0.241. The van der Waals surface area contributed by atoms with Crippen molar-refractivity contribution in [2.75, 3.05) is 0 Å². The normalized spacial score (nSPS) is 41.6. The quantitative estimate of drug-likeness (QED) is 0.281. The first-order valence-electron chi connectivity index (χ1n) is 15.0. The highest BCUT2D eigenvalue weighted by Gasteiger charge is 2.62. The van der Waals surface area contributed by atoms with Crippen LogP contribution in [0.2, 0.25) is 0 Å². The van der Waals surface area contributed by atoms with Crippen LogP contribution in [-0.4, -0.2) is 5.78 Å². The summed E-state index contributed by atoms with van der Waals surface area (Å²) >= 11 is 0. The van der Waals surface area contributed by atoms with Crippen LogP contribution < -0.4 is 4.57 Å². The SMILES string of the molecule is CCCCCCCCC1CCC2C3CC(=O)C4CC([n+]5ccccc5)CCC4(C)C3CCC12C. The molecule has 5 rings (SSSR count). The first-order valence-corrected chi connectivity index (χ1v) is 15.0. The van der Waals surface area contributed by atoms with Crippen LogP contribution in [0.15, 0.2) is 30.6 Å². The molecule has 2 nitrogen and oxygen atoms in total. The summed E-state index contributed by atoms with van der Waals surface area (Å²) in [5.41, 5.74) is 0.746. The summed E-state index contributed by atoms with van der Waals surface area (Å²) in [5.74, 6) is 4.07. The third kappa shape index (κ3) is 4.30. The van der Waals surface area contributed by atoms with Crippen molar-refractivity contribution in [2.45, 2.75) is 123 Å². The Bertz CT molecular complexity index is 835. The molecule has 0 N–H and O–H groups in total. The maximum Gasteiger partial charge on any atom is 0.169 e. The molecule has 8 unspecified atom stereocenters. The molecule has 1 aromatic heterocycles.